The molecule has 0 unspecified atom stereocenters. The zero-order chi connectivity index (χ0) is 13.2. The van der Waals surface area contributed by atoms with Gasteiger partial charge in [-0.2, -0.15) is 10.4 Å². The second-order valence-corrected chi connectivity index (χ2v) is 4.38. The molecule has 2 N–H and O–H groups in total. The second kappa shape index (κ2) is 4.71. The Kier molecular flexibility index (Phi) is 2.89. The van der Waals surface area contributed by atoms with Gasteiger partial charge in [-0.3, -0.25) is 4.98 Å². The number of aromatic nitrogens is 3. The van der Waals surface area contributed by atoms with E-state index in [2.05, 4.69) is 16.2 Å². The number of ether oxygens (including phenoxy) is 1. The number of hydrogen-bond donors (Lipinski definition) is 1. The standard InChI is InChI=1S/C13H13N5O/c14-8-10-12(11-2-1-7-19-11)17-18(13(10)15)9-3-5-16-6-4-9/h3-6,11H,1-2,7,15H2/t11-/m1/s1. The molecule has 0 radical (unpaired) electrons. The first kappa shape index (κ1) is 11.7. The quantitative estimate of drug-likeness (QED) is 0.879. The summed E-state index contributed by atoms with van der Waals surface area (Å²) in [5.41, 5.74) is 7.84. The summed E-state index contributed by atoms with van der Waals surface area (Å²) in [4.78, 5) is 3.96. The van der Waals surface area contributed by atoms with Crippen LogP contribution in [0.4, 0.5) is 5.82 Å². The van der Waals surface area contributed by atoms with E-state index in [9.17, 15) is 5.26 Å². The van der Waals surface area contributed by atoms with Crippen LogP contribution in [0.25, 0.3) is 5.69 Å². The first-order valence-electron chi connectivity index (χ1n) is 6.11. The molecule has 0 spiro atoms. The molecular weight excluding hydrogens is 242 g/mol. The van der Waals surface area contributed by atoms with Crippen LogP contribution in [0.1, 0.15) is 30.2 Å². The predicted octanol–water partition coefficient (Wildman–Crippen LogP) is 1.57. The van der Waals surface area contributed by atoms with E-state index in [1.54, 1.807) is 29.2 Å². The van der Waals surface area contributed by atoms with Gasteiger partial charge in [0.05, 0.1) is 5.69 Å². The number of rotatable bonds is 2. The van der Waals surface area contributed by atoms with Gasteiger partial charge in [-0.1, -0.05) is 0 Å². The molecule has 1 saturated heterocycles. The summed E-state index contributed by atoms with van der Waals surface area (Å²) in [6.45, 7) is 0.706. The number of nitrogen functional groups attached to an aromatic ring is 1. The molecule has 1 atom stereocenters. The van der Waals surface area contributed by atoms with Crippen molar-refractivity contribution < 1.29 is 4.74 Å². The molecule has 1 aliphatic rings. The third kappa shape index (κ3) is 1.94. The molecule has 0 saturated carbocycles. The minimum Gasteiger partial charge on any atom is -0.382 e. The van der Waals surface area contributed by atoms with Crippen molar-refractivity contribution >= 4 is 5.82 Å². The monoisotopic (exact) mass is 255 g/mol. The first-order chi connectivity index (χ1) is 9.31. The highest BCUT2D eigenvalue weighted by molar-refractivity contribution is 5.56. The third-order valence-electron chi connectivity index (χ3n) is 3.20. The zero-order valence-corrected chi connectivity index (χ0v) is 10.3. The fourth-order valence-electron chi connectivity index (χ4n) is 2.26. The van der Waals surface area contributed by atoms with E-state index in [0.29, 0.717) is 23.7 Å². The SMILES string of the molecule is N#Cc1c([C@H]2CCCO2)nn(-c2ccncc2)c1N. The van der Waals surface area contributed by atoms with E-state index >= 15 is 0 Å². The number of hydrogen-bond acceptors (Lipinski definition) is 5. The largest absolute Gasteiger partial charge is 0.382 e. The lowest BCUT2D eigenvalue weighted by Gasteiger charge is -2.05. The molecular formula is C13H13N5O. The molecule has 2 aromatic heterocycles. The molecule has 0 aliphatic carbocycles. The van der Waals surface area contributed by atoms with Gasteiger partial charge in [0.15, 0.2) is 0 Å². The van der Waals surface area contributed by atoms with Gasteiger partial charge in [0, 0.05) is 19.0 Å². The molecule has 19 heavy (non-hydrogen) atoms. The number of nitrogens with zero attached hydrogens (tertiary/aromatic N) is 4. The lowest BCUT2D eigenvalue weighted by Crippen LogP contribution is -2.03. The van der Waals surface area contributed by atoms with Crippen LogP contribution in [0, 0.1) is 11.3 Å². The Balaban J connectivity index is 2.10. The van der Waals surface area contributed by atoms with Crippen LogP contribution in [0.15, 0.2) is 24.5 Å². The van der Waals surface area contributed by atoms with E-state index in [4.69, 9.17) is 10.5 Å². The first-order valence-corrected chi connectivity index (χ1v) is 6.11. The maximum absolute atomic E-state index is 9.27. The van der Waals surface area contributed by atoms with Gasteiger partial charge in [0.1, 0.15) is 29.2 Å². The Morgan fingerprint density at radius 2 is 2.21 bits per heavy atom. The molecule has 1 aliphatic heterocycles. The van der Waals surface area contributed by atoms with Crippen molar-refractivity contribution in [3.8, 4) is 11.8 Å². The van der Waals surface area contributed by atoms with E-state index in [0.717, 1.165) is 18.5 Å². The summed E-state index contributed by atoms with van der Waals surface area (Å²) in [5.74, 6) is 0.346. The average Bonchev–Trinajstić information content (AvgIpc) is 3.07. The van der Waals surface area contributed by atoms with Crippen molar-refractivity contribution in [3.05, 3.63) is 35.8 Å². The maximum atomic E-state index is 9.27. The van der Waals surface area contributed by atoms with Crippen LogP contribution in [0.2, 0.25) is 0 Å². The van der Waals surface area contributed by atoms with Gasteiger partial charge in [-0.15, -0.1) is 0 Å². The Labute approximate surface area is 110 Å². The Bertz CT molecular complexity index is 622. The summed E-state index contributed by atoms with van der Waals surface area (Å²) < 4.78 is 7.16. The molecule has 0 amide bonds. The highest BCUT2D eigenvalue weighted by Gasteiger charge is 2.27. The van der Waals surface area contributed by atoms with Gasteiger partial charge < -0.3 is 10.5 Å². The van der Waals surface area contributed by atoms with Crippen molar-refractivity contribution in [1.82, 2.24) is 14.8 Å². The summed E-state index contributed by atoms with van der Waals surface area (Å²) in [6, 6.07) is 5.72. The van der Waals surface area contributed by atoms with Crippen molar-refractivity contribution in [2.45, 2.75) is 18.9 Å². The van der Waals surface area contributed by atoms with Gasteiger partial charge >= 0.3 is 0 Å². The molecule has 2 aromatic rings. The molecule has 6 nitrogen and oxygen atoms in total. The lowest BCUT2D eigenvalue weighted by atomic mass is 10.1. The molecule has 1 fully saturated rings. The van der Waals surface area contributed by atoms with E-state index in [1.165, 1.54) is 0 Å². The van der Waals surface area contributed by atoms with Crippen LogP contribution in [-0.2, 0) is 4.74 Å². The van der Waals surface area contributed by atoms with E-state index in [-0.39, 0.29) is 6.10 Å². The summed E-state index contributed by atoms with van der Waals surface area (Å²) in [7, 11) is 0. The molecule has 6 heteroatoms. The summed E-state index contributed by atoms with van der Waals surface area (Å²) in [5, 5.41) is 13.7. The van der Waals surface area contributed by atoms with Gasteiger partial charge in [0.2, 0.25) is 0 Å². The minimum absolute atomic E-state index is 0.125. The summed E-state index contributed by atoms with van der Waals surface area (Å²) >= 11 is 0. The van der Waals surface area contributed by atoms with Crippen molar-refractivity contribution in [1.29, 1.82) is 5.26 Å². The number of nitriles is 1. The van der Waals surface area contributed by atoms with E-state index < -0.39 is 0 Å². The van der Waals surface area contributed by atoms with Crippen molar-refractivity contribution in [2.75, 3.05) is 12.3 Å². The average molecular weight is 255 g/mol. The van der Waals surface area contributed by atoms with Crippen molar-refractivity contribution in [2.24, 2.45) is 0 Å². The topological polar surface area (TPSA) is 89.8 Å². The third-order valence-corrected chi connectivity index (χ3v) is 3.20. The van der Waals surface area contributed by atoms with Crippen LogP contribution in [0.3, 0.4) is 0 Å². The maximum Gasteiger partial charge on any atom is 0.145 e. The molecule has 96 valence electrons. The smallest absolute Gasteiger partial charge is 0.145 e. The van der Waals surface area contributed by atoms with Crippen LogP contribution < -0.4 is 5.73 Å². The normalized spacial score (nSPS) is 18.4. The Morgan fingerprint density at radius 1 is 1.42 bits per heavy atom. The minimum atomic E-state index is -0.125. The lowest BCUT2D eigenvalue weighted by molar-refractivity contribution is 0.108. The predicted molar refractivity (Wildman–Crippen MR) is 68.4 cm³/mol. The molecule has 3 heterocycles. The Morgan fingerprint density at radius 3 is 2.84 bits per heavy atom. The zero-order valence-electron chi connectivity index (χ0n) is 10.3. The fraction of sp³-hybridized carbons (Fsp3) is 0.308. The number of anilines is 1. The summed E-state index contributed by atoms with van der Waals surface area (Å²) in [6.07, 6.45) is 5.06. The fourth-order valence-corrected chi connectivity index (χ4v) is 2.26. The van der Waals surface area contributed by atoms with Crippen LogP contribution in [0.5, 0.6) is 0 Å². The molecule has 3 rings (SSSR count). The second-order valence-electron chi connectivity index (χ2n) is 4.38. The van der Waals surface area contributed by atoms with Crippen LogP contribution >= 0.6 is 0 Å². The van der Waals surface area contributed by atoms with E-state index in [1.807, 2.05) is 0 Å². The van der Waals surface area contributed by atoms with Crippen molar-refractivity contribution in [3.63, 3.8) is 0 Å². The van der Waals surface area contributed by atoms with Gasteiger partial charge in [0.25, 0.3) is 0 Å². The van der Waals surface area contributed by atoms with Crippen LogP contribution in [-0.4, -0.2) is 21.4 Å². The molecule has 0 bridgehead atoms. The number of nitrogens with two attached hydrogens (primary N) is 1. The number of pyridine rings is 1. The Hall–Kier alpha value is -2.39. The highest BCUT2D eigenvalue weighted by Crippen LogP contribution is 2.32. The molecule has 0 aromatic carbocycles. The van der Waals surface area contributed by atoms with Gasteiger partial charge in [-0.05, 0) is 25.0 Å². The van der Waals surface area contributed by atoms with Gasteiger partial charge in [-0.25, -0.2) is 4.68 Å². The highest BCUT2D eigenvalue weighted by atomic mass is 16.5.